The van der Waals surface area contributed by atoms with Gasteiger partial charge in [-0.2, -0.15) is 0 Å². The van der Waals surface area contributed by atoms with Gasteiger partial charge in [0.15, 0.2) is 5.17 Å². The van der Waals surface area contributed by atoms with Crippen molar-refractivity contribution >= 4 is 16.9 Å². The molecule has 4 heteroatoms. The van der Waals surface area contributed by atoms with Crippen molar-refractivity contribution in [2.24, 2.45) is 4.99 Å². The first-order valence-corrected chi connectivity index (χ1v) is 7.64. The molecule has 0 amide bonds. The van der Waals surface area contributed by atoms with Crippen molar-refractivity contribution < 1.29 is 0 Å². The molecule has 0 spiro atoms. The molecule has 2 heterocycles. The van der Waals surface area contributed by atoms with Crippen LogP contribution >= 0.6 is 11.8 Å². The van der Waals surface area contributed by atoms with Crippen LogP contribution in [0.1, 0.15) is 40.0 Å². The van der Waals surface area contributed by atoms with Crippen LogP contribution in [0.4, 0.5) is 0 Å². The fourth-order valence-corrected chi connectivity index (χ4v) is 3.79. The van der Waals surface area contributed by atoms with E-state index in [2.05, 4.69) is 38.0 Å². The van der Waals surface area contributed by atoms with E-state index in [4.69, 9.17) is 4.99 Å². The van der Waals surface area contributed by atoms with E-state index in [1.54, 1.807) is 0 Å². The smallest absolute Gasteiger partial charge is 0.157 e. The summed E-state index contributed by atoms with van der Waals surface area (Å²) >= 11 is 1.89. The van der Waals surface area contributed by atoms with Gasteiger partial charge in [0, 0.05) is 23.9 Å². The average molecular weight is 255 g/mol. The van der Waals surface area contributed by atoms with Crippen LogP contribution in [0.15, 0.2) is 4.99 Å². The molecule has 3 nitrogen and oxygen atoms in total. The molecule has 2 aliphatic heterocycles. The maximum atomic E-state index is 4.92. The molecule has 17 heavy (non-hydrogen) atoms. The van der Waals surface area contributed by atoms with Gasteiger partial charge in [-0.05, 0) is 47.1 Å². The number of hydrogen-bond donors (Lipinski definition) is 1. The predicted molar refractivity (Wildman–Crippen MR) is 76.8 cm³/mol. The second-order valence-electron chi connectivity index (χ2n) is 6.05. The van der Waals surface area contributed by atoms with Gasteiger partial charge in [0.2, 0.25) is 0 Å². The van der Waals surface area contributed by atoms with Crippen LogP contribution in [-0.2, 0) is 0 Å². The molecule has 0 aromatic carbocycles. The molecule has 0 aliphatic carbocycles. The number of rotatable bonds is 1. The minimum absolute atomic E-state index is 0.223. The van der Waals surface area contributed by atoms with Crippen molar-refractivity contribution in [2.45, 2.75) is 57.7 Å². The van der Waals surface area contributed by atoms with Gasteiger partial charge < -0.3 is 10.2 Å². The number of likely N-dealkylation sites (tertiary alicyclic amines) is 1. The van der Waals surface area contributed by atoms with Crippen LogP contribution in [0.25, 0.3) is 0 Å². The Bertz CT molecular complexity index is 301. The Balaban J connectivity index is 1.95. The summed E-state index contributed by atoms with van der Waals surface area (Å²) in [6.45, 7) is 8.01. The minimum atomic E-state index is 0.223. The molecule has 0 radical (unpaired) electrons. The standard InChI is InChI=1S/C13H25N3S/c1-10-9-11(5-7-16(10)4)14-12-15-13(2,3)6-8-17-12/h10-11H,5-9H2,1-4H3,(H,14,15). The second kappa shape index (κ2) is 5.19. The minimum Gasteiger partial charge on any atom is -0.360 e. The molecule has 2 rings (SSSR count). The lowest BCUT2D eigenvalue weighted by Gasteiger charge is -2.36. The van der Waals surface area contributed by atoms with Gasteiger partial charge >= 0.3 is 0 Å². The third-order valence-corrected chi connectivity index (χ3v) is 4.78. The fourth-order valence-electron chi connectivity index (χ4n) is 2.41. The van der Waals surface area contributed by atoms with Crippen LogP contribution in [-0.4, -0.2) is 47.0 Å². The van der Waals surface area contributed by atoms with Crippen molar-refractivity contribution in [1.82, 2.24) is 10.2 Å². The molecule has 0 saturated carbocycles. The normalized spacial score (nSPS) is 36.8. The highest BCUT2D eigenvalue weighted by molar-refractivity contribution is 8.13. The molecular weight excluding hydrogens is 230 g/mol. The van der Waals surface area contributed by atoms with E-state index in [0.29, 0.717) is 12.1 Å². The number of nitrogens with one attached hydrogen (secondary N) is 1. The summed E-state index contributed by atoms with van der Waals surface area (Å²) in [5.74, 6) is 1.20. The zero-order chi connectivity index (χ0) is 12.5. The molecular formula is C13H25N3S. The van der Waals surface area contributed by atoms with E-state index < -0.39 is 0 Å². The number of piperidine rings is 1. The summed E-state index contributed by atoms with van der Waals surface area (Å²) in [6, 6.07) is 1.19. The Morgan fingerprint density at radius 3 is 2.88 bits per heavy atom. The summed E-state index contributed by atoms with van der Waals surface area (Å²) in [6.07, 6.45) is 3.62. The Labute approximate surface area is 109 Å². The van der Waals surface area contributed by atoms with Crippen molar-refractivity contribution in [2.75, 3.05) is 19.3 Å². The van der Waals surface area contributed by atoms with Crippen LogP contribution in [0.2, 0.25) is 0 Å². The van der Waals surface area contributed by atoms with Gasteiger partial charge in [0.05, 0.1) is 6.04 Å². The highest BCUT2D eigenvalue weighted by Crippen LogP contribution is 2.24. The first kappa shape index (κ1) is 13.2. The van der Waals surface area contributed by atoms with Gasteiger partial charge in [-0.15, -0.1) is 0 Å². The van der Waals surface area contributed by atoms with Gasteiger partial charge in [-0.25, -0.2) is 0 Å². The van der Waals surface area contributed by atoms with Gasteiger partial charge in [-0.1, -0.05) is 11.8 Å². The molecule has 1 N–H and O–H groups in total. The highest BCUT2D eigenvalue weighted by Gasteiger charge is 2.27. The van der Waals surface area contributed by atoms with Gasteiger partial charge in [0.25, 0.3) is 0 Å². The van der Waals surface area contributed by atoms with Gasteiger partial charge in [-0.3, -0.25) is 4.99 Å². The van der Waals surface area contributed by atoms with E-state index in [1.807, 2.05) is 11.8 Å². The zero-order valence-corrected chi connectivity index (χ0v) is 12.3. The predicted octanol–water partition coefficient (Wildman–Crippen LogP) is 2.33. The summed E-state index contributed by atoms with van der Waals surface area (Å²) in [5.41, 5.74) is 0.223. The Morgan fingerprint density at radius 2 is 2.24 bits per heavy atom. The van der Waals surface area contributed by atoms with E-state index >= 15 is 0 Å². The lowest BCUT2D eigenvalue weighted by atomic mass is 9.99. The average Bonchev–Trinajstić information content (AvgIpc) is 2.22. The van der Waals surface area contributed by atoms with E-state index in [-0.39, 0.29) is 5.54 Å². The van der Waals surface area contributed by atoms with Crippen LogP contribution in [0.5, 0.6) is 0 Å². The third kappa shape index (κ3) is 3.62. The second-order valence-corrected chi connectivity index (χ2v) is 7.13. The number of hydrogen-bond acceptors (Lipinski definition) is 3. The fraction of sp³-hybridized carbons (Fsp3) is 0.923. The summed E-state index contributed by atoms with van der Waals surface area (Å²) in [4.78, 5) is 7.35. The first-order chi connectivity index (χ1) is 7.96. The molecule has 2 saturated heterocycles. The van der Waals surface area contributed by atoms with E-state index in [1.165, 1.54) is 36.7 Å². The molecule has 0 aromatic heterocycles. The lowest BCUT2D eigenvalue weighted by Crippen LogP contribution is -2.47. The zero-order valence-electron chi connectivity index (χ0n) is 11.5. The maximum Gasteiger partial charge on any atom is 0.157 e. The van der Waals surface area contributed by atoms with Crippen molar-refractivity contribution in [1.29, 1.82) is 0 Å². The number of thioether (sulfide) groups is 1. The SMILES string of the molecule is CC1CC(N=C2NC(C)(C)CCS2)CCN1C. The summed E-state index contributed by atoms with van der Waals surface area (Å²) < 4.78 is 0. The van der Waals surface area contributed by atoms with E-state index in [0.717, 1.165) is 0 Å². The van der Waals surface area contributed by atoms with E-state index in [9.17, 15) is 0 Å². The molecule has 0 bridgehead atoms. The molecule has 98 valence electrons. The summed E-state index contributed by atoms with van der Waals surface area (Å²) in [7, 11) is 2.21. The number of amidine groups is 1. The number of nitrogens with zero attached hydrogens (tertiary/aromatic N) is 2. The van der Waals surface area contributed by atoms with Crippen LogP contribution < -0.4 is 5.32 Å². The van der Waals surface area contributed by atoms with Gasteiger partial charge in [0.1, 0.15) is 0 Å². The Morgan fingerprint density at radius 1 is 1.47 bits per heavy atom. The van der Waals surface area contributed by atoms with Crippen molar-refractivity contribution in [3.8, 4) is 0 Å². The lowest BCUT2D eigenvalue weighted by molar-refractivity contribution is 0.184. The molecule has 2 aliphatic rings. The third-order valence-electron chi connectivity index (χ3n) is 3.89. The maximum absolute atomic E-state index is 4.92. The topological polar surface area (TPSA) is 27.6 Å². The molecule has 2 fully saturated rings. The highest BCUT2D eigenvalue weighted by atomic mass is 32.2. The van der Waals surface area contributed by atoms with Crippen LogP contribution in [0, 0.1) is 0 Å². The Kier molecular flexibility index (Phi) is 4.03. The quantitative estimate of drug-likeness (QED) is 0.779. The van der Waals surface area contributed by atoms with Crippen molar-refractivity contribution in [3.05, 3.63) is 0 Å². The summed E-state index contributed by atoms with van der Waals surface area (Å²) in [5, 5.41) is 4.73. The Hall–Kier alpha value is -0.220. The molecule has 2 atom stereocenters. The monoisotopic (exact) mass is 255 g/mol. The van der Waals surface area contributed by atoms with Crippen LogP contribution in [0.3, 0.4) is 0 Å². The molecule has 0 aromatic rings. The van der Waals surface area contributed by atoms with Crippen molar-refractivity contribution in [3.63, 3.8) is 0 Å². The first-order valence-electron chi connectivity index (χ1n) is 6.65. The molecule has 2 unspecified atom stereocenters. The number of aliphatic imine (C=N–C) groups is 1. The largest absolute Gasteiger partial charge is 0.360 e.